The van der Waals surface area contributed by atoms with Crippen molar-refractivity contribution in [2.75, 3.05) is 4.90 Å². The zero-order chi connectivity index (χ0) is 36.4. The molecule has 0 aliphatic heterocycles. The monoisotopic (exact) mass is 677 g/mol. The van der Waals surface area contributed by atoms with Crippen LogP contribution in [0, 0.1) is 6.92 Å². The summed E-state index contributed by atoms with van der Waals surface area (Å²) < 4.78 is 0. The van der Waals surface area contributed by atoms with Gasteiger partial charge in [-0.15, -0.1) is 0 Å². The van der Waals surface area contributed by atoms with Crippen LogP contribution >= 0.6 is 0 Å². The second-order valence-corrected chi connectivity index (χ2v) is 18.1. The van der Waals surface area contributed by atoms with Crippen molar-refractivity contribution in [2.24, 2.45) is 0 Å². The summed E-state index contributed by atoms with van der Waals surface area (Å²) in [6.45, 7) is 21.7. The minimum absolute atomic E-state index is 0.0951. The van der Waals surface area contributed by atoms with Gasteiger partial charge in [-0.25, -0.2) is 0 Å². The molecule has 0 saturated carbocycles. The van der Waals surface area contributed by atoms with Crippen LogP contribution in [0.2, 0.25) is 0 Å². The Labute approximate surface area is 311 Å². The Hall–Kier alpha value is -4.88. The van der Waals surface area contributed by atoms with Crippen molar-refractivity contribution in [2.45, 2.75) is 96.8 Å². The van der Waals surface area contributed by atoms with Crippen molar-refractivity contribution in [3.05, 3.63) is 160 Å². The first-order valence-electron chi connectivity index (χ1n) is 19.2. The van der Waals surface area contributed by atoms with Gasteiger partial charge in [-0.2, -0.15) is 0 Å². The van der Waals surface area contributed by atoms with Crippen LogP contribution in [0.5, 0.6) is 0 Å². The number of benzene rings is 6. The van der Waals surface area contributed by atoms with E-state index in [9.17, 15) is 0 Å². The van der Waals surface area contributed by atoms with Crippen LogP contribution < -0.4 is 4.90 Å². The van der Waals surface area contributed by atoms with E-state index in [1.165, 1.54) is 102 Å². The molecule has 0 bridgehead atoms. The van der Waals surface area contributed by atoms with Crippen LogP contribution in [-0.2, 0) is 21.7 Å². The predicted octanol–water partition coefficient (Wildman–Crippen LogP) is 14.1. The van der Waals surface area contributed by atoms with Crippen LogP contribution in [0.15, 0.2) is 121 Å². The summed E-state index contributed by atoms with van der Waals surface area (Å²) in [6.07, 6.45) is 2.40. The third-order valence-corrected chi connectivity index (χ3v) is 13.3. The maximum Gasteiger partial charge on any atom is 0.0543 e. The molecule has 0 unspecified atom stereocenters. The van der Waals surface area contributed by atoms with E-state index in [0.29, 0.717) is 0 Å². The molecule has 0 atom stereocenters. The van der Waals surface area contributed by atoms with Gasteiger partial charge in [0.05, 0.1) is 5.69 Å². The molecule has 9 rings (SSSR count). The number of anilines is 3. The zero-order valence-electron chi connectivity index (χ0n) is 32.4. The number of hydrogen-bond donors (Lipinski definition) is 0. The lowest BCUT2D eigenvalue weighted by Crippen LogP contribution is -2.34. The van der Waals surface area contributed by atoms with Gasteiger partial charge in [0.25, 0.3) is 0 Å². The van der Waals surface area contributed by atoms with Gasteiger partial charge in [-0.3, -0.25) is 0 Å². The summed E-state index contributed by atoms with van der Waals surface area (Å²) in [5.41, 5.74) is 21.6. The van der Waals surface area contributed by atoms with Gasteiger partial charge >= 0.3 is 0 Å². The standard InChI is InChI=1S/C51H51N/c1-32-27-45-46(49(4,5)26-25-48(45,2)3)30-38(32)40-29-39-36-20-14-16-22-42(36)51(8,9)44(39)31-47(40)52(33-17-11-10-12-18-33)34-23-24-37-35-19-13-15-21-41(35)50(6,7)43(37)28-34/h10-24,27-31H,25-26H2,1-9H3. The van der Waals surface area contributed by atoms with E-state index in [-0.39, 0.29) is 21.7 Å². The maximum absolute atomic E-state index is 2.58. The second kappa shape index (κ2) is 11.1. The normalized spacial score (nSPS) is 17.8. The van der Waals surface area contributed by atoms with Gasteiger partial charge in [-0.1, -0.05) is 134 Å². The topological polar surface area (TPSA) is 3.24 Å². The van der Waals surface area contributed by atoms with E-state index in [4.69, 9.17) is 0 Å². The fraction of sp³-hybridized carbons (Fsp3) is 0.294. The Bertz CT molecular complexity index is 2420. The molecule has 0 spiro atoms. The highest BCUT2D eigenvalue weighted by molar-refractivity contribution is 5.96. The van der Waals surface area contributed by atoms with E-state index in [0.717, 1.165) is 0 Å². The molecule has 0 fully saturated rings. The molecule has 1 nitrogen and oxygen atoms in total. The van der Waals surface area contributed by atoms with Crippen molar-refractivity contribution < 1.29 is 0 Å². The number of fused-ring (bicyclic) bond motifs is 7. The molecule has 0 amide bonds. The molecule has 0 radical (unpaired) electrons. The molecule has 260 valence electrons. The summed E-state index contributed by atoms with van der Waals surface area (Å²) in [4.78, 5) is 2.54. The van der Waals surface area contributed by atoms with Gasteiger partial charge in [0.15, 0.2) is 0 Å². The fourth-order valence-corrected chi connectivity index (χ4v) is 9.98. The summed E-state index contributed by atoms with van der Waals surface area (Å²) >= 11 is 0. The second-order valence-electron chi connectivity index (χ2n) is 18.1. The molecule has 0 saturated heterocycles. The molecule has 0 N–H and O–H groups in total. The van der Waals surface area contributed by atoms with Crippen molar-refractivity contribution >= 4 is 17.1 Å². The Kier molecular flexibility index (Phi) is 7.02. The molecule has 6 aromatic carbocycles. The molecular formula is C51H51N. The highest BCUT2D eigenvalue weighted by Crippen LogP contribution is 2.56. The smallest absolute Gasteiger partial charge is 0.0543 e. The van der Waals surface area contributed by atoms with Gasteiger partial charge in [-0.05, 0) is 140 Å². The molecule has 0 aromatic heterocycles. The average molecular weight is 678 g/mol. The fourth-order valence-electron chi connectivity index (χ4n) is 9.98. The van der Waals surface area contributed by atoms with Crippen molar-refractivity contribution in [1.82, 2.24) is 0 Å². The van der Waals surface area contributed by atoms with E-state index >= 15 is 0 Å². The number of nitrogens with zero attached hydrogens (tertiary/aromatic N) is 1. The zero-order valence-corrected chi connectivity index (χ0v) is 32.4. The third-order valence-electron chi connectivity index (χ3n) is 13.3. The van der Waals surface area contributed by atoms with Crippen molar-refractivity contribution in [3.63, 3.8) is 0 Å². The Morgan fingerprint density at radius 3 is 1.54 bits per heavy atom. The SMILES string of the molecule is Cc1cc2c(cc1-c1cc3c(cc1N(c1ccccc1)c1ccc4c(c1)C(C)(C)c1ccccc1-4)C(C)(C)c1ccccc1-3)C(C)(C)CCC2(C)C. The summed E-state index contributed by atoms with van der Waals surface area (Å²) in [5, 5.41) is 0. The first kappa shape index (κ1) is 33.0. The lowest BCUT2D eigenvalue weighted by atomic mass is 9.62. The minimum atomic E-state index is -0.125. The first-order chi connectivity index (χ1) is 24.7. The van der Waals surface area contributed by atoms with E-state index in [1.54, 1.807) is 0 Å². The number of rotatable bonds is 4. The van der Waals surface area contributed by atoms with Crippen LogP contribution in [0.3, 0.4) is 0 Å². The molecule has 3 aliphatic rings. The highest BCUT2D eigenvalue weighted by Gasteiger charge is 2.41. The molecule has 6 aromatic rings. The quantitative estimate of drug-likeness (QED) is 0.179. The Balaban J connectivity index is 1.35. The average Bonchev–Trinajstić information content (AvgIpc) is 3.49. The van der Waals surface area contributed by atoms with Crippen LogP contribution in [0.4, 0.5) is 17.1 Å². The van der Waals surface area contributed by atoms with Gasteiger partial charge in [0.1, 0.15) is 0 Å². The Morgan fingerprint density at radius 1 is 0.385 bits per heavy atom. The molecule has 1 heteroatoms. The first-order valence-corrected chi connectivity index (χ1v) is 19.2. The van der Waals surface area contributed by atoms with E-state index in [1.807, 2.05) is 0 Å². The van der Waals surface area contributed by atoms with Gasteiger partial charge in [0, 0.05) is 27.8 Å². The van der Waals surface area contributed by atoms with E-state index < -0.39 is 0 Å². The Morgan fingerprint density at radius 2 is 0.904 bits per heavy atom. The number of para-hydroxylation sites is 1. The molecule has 3 aliphatic carbocycles. The largest absolute Gasteiger partial charge is 0.310 e. The summed E-state index contributed by atoms with van der Waals surface area (Å²) in [7, 11) is 0. The number of hydrogen-bond acceptors (Lipinski definition) is 1. The lowest BCUT2D eigenvalue weighted by molar-refractivity contribution is 0.332. The predicted molar refractivity (Wildman–Crippen MR) is 222 cm³/mol. The highest BCUT2D eigenvalue weighted by atomic mass is 15.1. The summed E-state index contributed by atoms with van der Waals surface area (Å²) in [6, 6.07) is 46.4. The van der Waals surface area contributed by atoms with Crippen molar-refractivity contribution in [1.29, 1.82) is 0 Å². The third kappa shape index (κ3) is 4.67. The van der Waals surface area contributed by atoms with Gasteiger partial charge in [0.2, 0.25) is 0 Å². The van der Waals surface area contributed by atoms with Crippen LogP contribution in [0.1, 0.15) is 107 Å². The van der Waals surface area contributed by atoms with Crippen molar-refractivity contribution in [3.8, 4) is 33.4 Å². The van der Waals surface area contributed by atoms with E-state index in [2.05, 4.69) is 189 Å². The molecule has 52 heavy (non-hydrogen) atoms. The number of aryl methyl sites for hydroxylation is 1. The maximum atomic E-state index is 2.58. The van der Waals surface area contributed by atoms with Crippen LogP contribution in [0.25, 0.3) is 33.4 Å². The van der Waals surface area contributed by atoms with Crippen LogP contribution in [-0.4, -0.2) is 0 Å². The summed E-state index contributed by atoms with van der Waals surface area (Å²) in [5.74, 6) is 0. The molecule has 0 heterocycles. The molecular weight excluding hydrogens is 627 g/mol. The minimum Gasteiger partial charge on any atom is -0.310 e. The van der Waals surface area contributed by atoms with Gasteiger partial charge < -0.3 is 4.90 Å². The lowest BCUT2D eigenvalue weighted by Gasteiger charge is -2.42.